The number of aliphatic hydroxyl groups is 1. The molecule has 1 saturated heterocycles. The molecule has 0 radical (unpaired) electrons. The Morgan fingerprint density at radius 3 is 2.05 bits per heavy atom. The van der Waals surface area contributed by atoms with Crippen LogP contribution in [0.25, 0.3) is 0 Å². The third-order valence-corrected chi connectivity index (χ3v) is 8.59. The molecule has 2 heterocycles. The highest BCUT2D eigenvalue weighted by molar-refractivity contribution is 7.90. The zero-order chi connectivity index (χ0) is 27.1. The highest BCUT2D eigenvalue weighted by Crippen LogP contribution is 2.39. The average molecular weight is 547 g/mol. The summed E-state index contributed by atoms with van der Waals surface area (Å²) in [6, 6.07) is 19.4. The second-order valence-corrected chi connectivity index (χ2v) is 11.5. The predicted molar refractivity (Wildman–Crippen MR) is 139 cm³/mol. The SMILES string of the molecule is CN1CC(NS(=N)(=O)c2ccc(OC(F)(F)F)cc2)C(O)C(N2c3ccccc3CCc3ccccc32)C1. The molecule has 3 aromatic rings. The van der Waals surface area contributed by atoms with E-state index in [1.807, 2.05) is 48.3 Å². The van der Waals surface area contributed by atoms with Crippen LogP contribution in [0.2, 0.25) is 0 Å². The van der Waals surface area contributed by atoms with Crippen molar-refractivity contribution in [2.24, 2.45) is 0 Å². The summed E-state index contributed by atoms with van der Waals surface area (Å²) in [5.41, 5.74) is 4.34. The van der Waals surface area contributed by atoms with E-state index in [0.29, 0.717) is 13.1 Å². The Balaban J connectivity index is 1.44. The van der Waals surface area contributed by atoms with E-state index in [9.17, 15) is 22.5 Å². The summed E-state index contributed by atoms with van der Waals surface area (Å²) >= 11 is 0. The molecule has 4 unspecified atom stereocenters. The number of rotatable bonds is 5. The average Bonchev–Trinajstić information content (AvgIpc) is 3.02. The van der Waals surface area contributed by atoms with E-state index in [1.54, 1.807) is 0 Å². The van der Waals surface area contributed by atoms with Crippen LogP contribution in [0.15, 0.2) is 77.7 Å². The van der Waals surface area contributed by atoms with Gasteiger partial charge in [-0.2, -0.15) is 0 Å². The summed E-state index contributed by atoms with van der Waals surface area (Å²) in [5, 5.41) is 11.6. The van der Waals surface area contributed by atoms with Crippen LogP contribution in [0.4, 0.5) is 24.5 Å². The molecule has 202 valence electrons. The Bertz CT molecular complexity index is 1350. The number of ether oxygens (including phenoxy) is 1. The molecule has 3 aromatic carbocycles. The fraction of sp³-hybridized carbons (Fsp3) is 0.333. The Morgan fingerprint density at radius 2 is 1.50 bits per heavy atom. The number of nitrogens with one attached hydrogen (secondary N) is 2. The summed E-state index contributed by atoms with van der Waals surface area (Å²) in [4.78, 5) is 4.16. The monoisotopic (exact) mass is 546 g/mol. The van der Waals surface area contributed by atoms with Gasteiger partial charge in [0.25, 0.3) is 0 Å². The summed E-state index contributed by atoms with van der Waals surface area (Å²) in [7, 11) is -1.75. The first-order valence-electron chi connectivity index (χ1n) is 12.3. The number of para-hydroxylation sites is 2. The van der Waals surface area contributed by atoms with Crippen molar-refractivity contribution in [2.45, 2.75) is 42.3 Å². The van der Waals surface area contributed by atoms with Crippen molar-refractivity contribution in [3.05, 3.63) is 83.9 Å². The summed E-state index contributed by atoms with van der Waals surface area (Å²) in [6.07, 6.45) is -4.13. The number of benzene rings is 3. The van der Waals surface area contributed by atoms with E-state index in [1.165, 1.54) is 23.3 Å². The van der Waals surface area contributed by atoms with Gasteiger partial charge in [0.15, 0.2) is 0 Å². The standard InChI is InChI=1S/C27H29F3N4O3S/c1-33-16-22(32-38(31,36)21-14-12-20(13-15-21)37-27(28,29)30)26(35)25(17-33)34-23-8-4-2-6-18(23)10-11-19-7-3-5-9-24(19)34/h2-9,12-15,22,25-26,35H,10-11,16-17H2,1H3,(H2,31,32,36). The Morgan fingerprint density at radius 1 is 0.947 bits per heavy atom. The maximum Gasteiger partial charge on any atom is 0.573 e. The molecule has 0 saturated carbocycles. The summed E-state index contributed by atoms with van der Waals surface area (Å²) < 4.78 is 66.1. The lowest BCUT2D eigenvalue weighted by Crippen LogP contribution is -2.64. The fourth-order valence-electron chi connectivity index (χ4n) is 5.34. The number of alkyl halides is 3. The van der Waals surface area contributed by atoms with Crippen LogP contribution >= 0.6 is 0 Å². The Kier molecular flexibility index (Phi) is 7.12. The van der Waals surface area contributed by atoms with E-state index in [2.05, 4.69) is 26.5 Å². The number of nitrogens with zero attached hydrogens (tertiary/aromatic N) is 2. The first-order valence-corrected chi connectivity index (χ1v) is 13.8. The zero-order valence-electron chi connectivity index (χ0n) is 20.7. The first kappa shape index (κ1) is 26.5. The number of aryl methyl sites for hydroxylation is 2. The zero-order valence-corrected chi connectivity index (χ0v) is 21.5. The normalized spacial score (nSPS) is 23.6. The van der Waals surface area contributed by atoms with Crippen molar-refractivity contribution >= 4 is 21.3 Å². The molecule has 0 amide bonds. The molecule has 4 atom stereocenters. The lowest BCUT2D eigenvalue weighted by atomic mass is 9.95. The van der Waals surface area contributed by atoms with Crippen LogP contribution in [0.5, 0.6) is 5.75 Å². The topological polar surface area (TPSA) is 88.9 Å². The number of halogens is 3. The van der Waals surface area contributed by atoms with Gasteiger partial charge in [-0.15, -0.1) is 13.2 Å². The number of likely N-dealkylation sites (tertiary alicyclic amines) is 1. The third-order valence-electron chi connectivity index (χ3n) is 7.02. The van der Waals surface area contributed by atoms with Crippen molar-refractivity contribution in [1.82, 2.24) is 9.62 Å². The van der Waals surface area contributed by atoms with Gasteiger partial charge in [-0.25, -0.2) is 13.7 Å². The number of piperidine rings is 1. The Hall–Kier alpha value is -3.12. The van der Waals surface area contributed by atoms with Gasteiger partial charge >= 0.3 is 6.36 Å². The summed E-state index contributed by atoms with van der Waals surface area (Å²) in [6.45, 7) is 0.866. The van der Waals surface area contributed by atoms with Crippen molar-refractivity contribution in [3.8, 4) is 5.75 Å². The second kappa shape index (κ2) is 10.2. The number of anilines is 2. The number of fused-ring (bicyclic) bond motifs is 2. The minimum atomic E-state index is -4.85. The van der Waals surface area contributed by atoms with E-state index >= 15 is 0 Å². The van der Waals surface area contributed by atoms with E-state index in [0.717, 1.165) is 36.3 Å². The number of hydrogen-bond acceptors (Lipinski definition) is 6. The first-order chi connectivity index (χ1) is 18.0. The highest BCUT2D eigenvalue weighted by Gasteiger charge is 2.41. The van der Waals surface area contributed by atoms with Crippen molar-refractivity contribution in [2.75, 3.05) is 25.0 Å². The van der Waals surface area contributed by atoms with Gasteiger partial charge in [-0.3, -0.25) is 0 Å². The van der Waals surface area contributed by atoms with E-state index in [-0.39, 0.29) is 4.90 Å². The molecule has 11 heteroatoms. The van der Waals surface area contributed by atoms with Crippen molar-refractivity contribution in [1.29, 1.82) is 4.78 Å². The van der Waals surface area contributed by atoms with Crippen molar-refractivity contribution in [3.63, 3.8) is 0 Å². The smallest absolute Gasteiger partial charge is 0.406 e. The van der Waals surface area contributed by atoms with Crippen LogP contribution in [0, 0.1) is 4.78 Å². The highest BCUT2D eigenvalue weighted by atomic mass is 32.2. The minimum absolute atomic E-state index is 0.00513. The molecule has 0 spiro atoms. The molecule has 0 bridgehead atoms. The van der Waals surface area contributed by atoms with Gasteiger partial charge in [-0.05, 0) is 67.4 Å². The molecule has 2 aliphatic rings. The molecule has 3 N–H and O–H groups in total. The number of aliphatic hydroxyl groups excluding tert-OH is 1. The molecule has 0 aliphatic carbocycles. The maximum absolute atomic E-state index is 13.4. The largest absolute Gasteiger partial charge is 0.573 e. The van der Waals surface area contributed by atoms with Gasteiger partial charge in [-0.1, -0.05) is 36.4 Å². The number of likely N-dealkylation sites (N-methyl/N-ethyl adjacent to an activating group) is 1. The van der Waals surface area contributed by atoms with Crippen LogP contribution < -0.4 is 14.4 Å². The number of hydrogen-bond donors (Lipinski definition) is 3. The quantitative estimate of drug-likeness (QED) is 0.439. The molecule has 0 aromatic heterocycles. The van der Waals surface area contributed by atoms with Gasteiger partial charge in [0.2, 0.25) is 0 Å². The molecular weight excluding hydrogens is 517 g/mol. The second-order valence-electron chi connectivity index (χ2n) is 9.71. The van der Waals surface area contributed by atoms with E-state index < -0.39 is 40.2 Å². The van der Waals surface area contributed by atoms with Gasteiger partial charge in [0.05, 0.1) is 23.1 Å². The Labute approximate surface area is 219 Å². The molecule has 38 heavy (non-hydrogen) atoms. The predicted octanol–water partition coefficient (Wildman–Crippen LogP) is 4.48. The summed E-state index contributed by atoms with van der Waals surface area (Å²) in [5.74, 6) is -0.465. The maximum atomic E-state index is 13.4. The van der Waals surface area contributed by atoms with Gasteiger partial charge in [0.1, 0.15) is 15.7 Å². The van der Waals surface area contributed by atoms with Gasteiger partial charge in [0, 0.05) is 24.5 Å². The molecule has 2 aliphatic heterocycles. The minimum Gasteiger partial charge on any atom is -0.406 e. The molecular formula is C27H29F3N4O3S. The van der Waals surface area contributed by atoms with Gasteiger partial charge < -0.3 is 19.6 Å². The van der Waals surface area contributed by atoms with Crippen LogP contribution in [-0.2, 0) is 22.8 Å². The molecule has 5 rings (SSSR count). The van der Waals surface area contributed by atoms with E-state index in [4.69, 9.17) is 4.78 Å². The molecule has 1 fully saturated rings. The lowest BCUT2D eigenvalue weighted by Gasteiger charge is -2.46. The third kappa shape index (κ3) is 5.51. The fourth-order valence-corrected chi connectivity index (χ4v) is 6.64. The van der Waals surface area contributed by atoms with Crippen LogP contribution in [0.3, 0.4) is 0 Å². The van der Waals surface area contributed by atoms with Crippen molar-refractivity contribution < 1.29 is 27.2 Å². The lowest BCUT2D eigenvalue weighted by molar-refractivity contribution is -0.274. The molecule has 7 nitrogen and oxygen atoms in total. The van der Waals surface area contributed by atoms with Crippen LogP contribution in [-0.4, -0.2) is 58.9 Å². The van der Waals surface area contributed by atoms with Crippen LogP contribution in [0.1, 0.15) is 11.1 Å².